The number of rotatable bonds is 9. The number of aryl methyl sites for hydroxylation is 1. The third kappa shape index (κ3) is 4.97. The molecule has 0 aliphatic heterocycles. The summed E-state index contributed by atoms with van der Waals surface area (Å²) >= 11 is 0. The van der Waals surface area contributed by atoms with Crippen molar-refractivity contribution in [2.75, 3.05) is 18.9 Å². The maximum absolute atomic E-state index is 13.9. The van der Waals surface area contributed by atoms with Crippen LogP contribution in [0, 0.1) is 0 Å². The first-order valence-corrected chi connectivity index (χ1v) is 10.1. The molecule has 0 saturated carbocycles. The summed E-state index contributed by atoms with van der Waals surface area (Å²) in [6.45, 7) is 0.274. The van der Waals surface area contributed by atoms with Crippen LogP contribution in [0.1, 0.15) is 28.8 Å². The number of amides is 1. The van der Waals surface area contributed by atoms with Gasteiger partial charge in [0.05, 0.1) is 23.6 Å². The summed E-state index contributed by atoms with van der Waals surface area (Å²) in [5, 5.41) is 9.71. The molecule has 4 rings (SSSR count). The second-order valence-electron chi connectivity index (χ2n) is 7.41. The van der Waals surface area contributed by atoms with Crippen LogP contribution in [0.25, 0.3) is 16.7 Å². The molecule has 0 bridgehead atoms. The Kier molecular flexibility index (Phi) is 6.22. The number of hydrogen-bond acceptors (Lipinski definition) is 6. The standard InChI is InChI=1S/C22H22F2N6O2/c1-25-8-6-22(23,24)5-2-15-10-16-4-9-30(20(16)27-12-15)18-11-17(13-26-14-18)21(31)29-19-3-7-28-32-19/h3-4,7,9-14,25H,2,5-6,8H2,1H3,(H,29,31). The topological polar surface area (TPSA) is 97.9 Å². The first kappa shape index (κ1) is 21.6. The summed E-state index contributed by atoms with van der Waals surface area (Å²) in [4.78, 5) is 21.1. The van der Waals surface area contributed by atoms with Gasteiger partial charge in [0.1, 0.15) is 5.65 Å². The highest BCUT2D eigenvalue weighted by atomic mass is 19.3. The van der Waals surface area contributed by atoms with Gasteiger partial charge in [-0.05, 0) is 37.2 Å². The van der Waals surface area contributed by atoms with E-state index in [1.165, 1.54) is 18.5 Å². The van der Waals surface area contributed by atoms with Crippen LogP contribution in [0.3, 0.4) is 0 Å². The third-order valence-corrected chi connectivity index (χ3v) is 5.04. The molecule has 0 aliphatic rings. The molecular weight excluding hydrogens is 418 g/mol. The van der Waals surface area contributed by atoms with Crippen molar-refractivity contribution < 1.29 is 18.1 Å². The summed E-state index contributed by atoms with van der Waals surface area (Å²) in [6, 6.07) is 6.93. The number of pyridine rings is 2. The largest absolute Gasteiger partial charge is 0.338 e. The van der Waals surface area contributed by atoms with Crippen LogP contribution in [0.4, 0.5) is 14.7 Å². The molecule has 0 aliphatic carbocycles. The van der Waals surface area contributed by atoms with E-state index >= 15 is 0 Å². The predicted molar refractivity (Wildman–Crippen MR) is 115 cm³/mol. The van der Waals surface area contributed by atoms with Crippen LogP contribution < -0.4 is 10.6 Å². The molecule has 2 N–H and O–H groups in total. The van der Waals surface area contributed by atoms with E-state index in [1.54, 1.807) is 36.3 Å². The molecule has 10 heteroatoms. The van der Waals surface area contributed by atoms with Crippen LogP contribution >= 0.6 is 0 Å². The minimum Gasteiger partial charge on any atom is -0.338 e. The van der Waals surface area contributed by atoms with Gasteiger partial charge in [-0.15, -0.1) is 0 Å². The molecule has 4 heterocycles. The number of nitrogens with one attached hydrogen (secondary N) is 2. The Labute approximate surface area is 182 Å². The first-order chi connectivity index (χ1) is 15.4. The summed E-state index contributed by atoms with van der Waals surface area (Å²) in [7, 11) is 1.66. The quantitative estimate of drug-likeness (QED) is 0.410. The minimum atomic E-state index is -2.72. The number of aromatic nitrogens is 4. The van der Waals surface area contributed by atoms with E-state index in [0.29, 0.717) is 16.9 Å². The maximum atomic E-state index is 13.9. The van der Waals surface area contributed by atoms with Crippen molar-refractivity contribution in [1.82, 2.24) is 25.0 Å². The zero-order valence-corrected chi connectivity index (χ0v) is 17.4. The Balaban J connectivity index is 1.51. The van der Waals surface area contributed by atoms with Crippen LogP contribution in [0.5, 0.6) is 0 Å². The van der Waals surface area contributed by atoms with Crippen molar-refractivity contribution >= 4 is 22.8 Å². The number of carbonyl (C=O) groups excluding carboxylic acids is 1. The Morgan fingerprint density at radius 3 is 2.84 bits per heavy atom. The highest BCUT2D eigenvalue weighted by Gasteiger charge is 2.27. The molecule has 0 unspecified atom stereocenters. The molecule has 166 valence electrons. The van der Waals surface area contributed by atoms with Crippen LogP contribution in [-0.2, 0) is 6.42 Å². The normalized spacial score (nSPS) is 11.7. The van der Waals surface area contributed by atoms with Gasteiger partial charge in [0.25, 0.3) is 5.91 Å². The molecule has 0 spiro atoms. The molecule has 32 heavy (non-hydrogen) atoms. The molecule has 1 amide bonds. The van der Waals surface area contributed by atoms with E-state index in [2.05, 4.69) is 25.8 Å². The number of alkyl halides is 2. The lowest BCUT2D eigenvalue weighted by Crippen LogP contribution is -2.23. The summed E-state index contributed by atoms with van der Waals surface area (Å²) in [5.74, 6) is -2.87. The monoisotopic (exact) mass is 440 g/mol. The van der Waals surface area contributed by atoms with Crippen molar-refractivity contribution in [2.24, 2.45) is 0 Å². The molecule has 0 saturated heterocycles. The fourth-order valence-corrected chi connectivity index (χ4v) is 3.32. The number of anilines is 1. The molecule has 0 aromatic carbocycles. The lowest BCUT2D eigenvalue weighted by Gasteiger charge is -2.15. The molecule has 0 fully saturated rings. The molecular formula is C22H22F2N6O2. The van der Waals surface area contributed by atoms with Crippen molar-refractivity contribution in [3.05, 3.63) is 66.4 Å². The Morgan fingerprint density at radius 2 is 2.06 bits per heavy atom. The fraction of sp³-hybridized carbons (Fsp3) is 0.273. The predicted octanol–water partition coefficient (Wildman–Crippen LogP) is 3.84. The number of hydrogen-bond donors (Lipinski definition) is 2. The SMILES string of the molecule is CNCCC(F)(F)CCc1cnc2c(ccn2-c2cncc(C(=O)Nc3ccno3)c2)c1. The van der Waals surface area contributed by atoms with Gasteiger partial charge in [-0.2, -0.15) is 0 Å². The van der Waals surface area contributed by atoms with E-state index in [4.69, 9.17) is 4.52 Å². The van der Waals surface area contributed by atoms with Gasteiger partial charge >= 0.3 is 0 Å². The van der Waals surface area contributed by atoms with Crippen LogP contribution in [-0.4, -0.2) is 45.1 Å². The van der Waals surface area contributed by atoms with Gasteiger partial charge in [0, 0.05) is 49.4 Å². The minimum absolute atomic E-state index is 0.192. The van der Waals surface area contributed by atoms with Crippen molar-refractivity contribution in [1.29, 1.82) is 0 Å². The van der Waals surface area contributed by atoms with E-state index < -0.39 is 5.92 Å². The van der Waals surface area contributed by atoms with Crippen molar-refractivity contribution in [3.8, 4) is 5.69 Å². The summed E-state index contributed by atoms with van der Waals surface area (Å²) in [6.07, 6.45) is 7.73. The molecule has 4 aromatic rings. The van der Waals surface area contributed by atoms with Gasteiger partial charge in [-0.1, -0.05) is 5.16 Å². The second kappa shape index (κ2) is 9.23. The van der Waals surface area contributed by atoms with Gasteiger partial charge in [-0.3, -0.25) is 19.7 Å². The van der Waals surface area contributed by atoms with Gasteiger partial charge < -0.3 is 9.84 Å². The Hall–Kier alpha value is -3.66. The van der Waals surface area contributed by atoms with E-state index in [0.717, 1.165) is 10.9 Å². The fourth-order valence-electron chi connectivity index (χ4n) is 3.32. The second-order valence-corrected chi connectivity index (χ2v) is 7.41. The molecule has 0 radical (unpaired) electrons. The molecule has 0 atom stereocenters. The number of halogens is 2. The zero-order chi connectivity index (χ0) is 22.6. The summed E-state index contributed by atoms with van der Waals surface area (Å²) < 4.78 is 34.6. The van der Waals surface area contributed by atoms with Crippen LogP contribution in [0.2, 0.25) is 0 Å². The third-order valence-electron chi connectivity index (χ3n) is 5.04. The molecule has 4 aromatic heterocycles. The van der Waals surface area contributed by atoms with Gasteiger partial charge in [0.15, 0.2) is 0 Å². The lowest BCUT2D eigenvalue weighted by atomic mass is 10.0. The lowest BCUT2D eigenvalue weighted by molar-refractivity contribution is -0.0148. The summed E-state index contributed by atoms with van der Waals surface area (Å²) in [5.41, 5.74) is 2.37. The van der Waals surface area contributed by atoms with Crippen LogP contribution in [0.15, 0.2) is 59.8 Å². The van der Waals surface area contributed by atoms with Crippen molar-refractivity contribution in [2.45, 2.75) is 25.2 Å². The Bertz CT molecular complexity index is 1210. The highest BCUT2D eigenvalue weighted by molar-refractivity contribution is 6.03. The van der Waals surface area contributed by atoms with Gasteiger partial charge in [0.2, 0.25) is 11.8 Å². The van der Waals surface area contributed by atoms with E-state index in [-0.39, 0.29) is 37.6 Å². The first-order valence-electron chi connectivity index (χ1n) is 10.1. The van der Waals surface area contributed by atoms with Gasteiger partial charge in [-0.25, -0.2) is 13.8 Å². The zero-order valence-electron chi connectivity index (χ0n) is 17.4. The number of carbonyl (C=O) groups is 1. The maximum Gasteiger partial charge on any atom is 0.259 e. The average molecular weight is 440 g/mol. The smallest absolute Gasteiger partial charge is 0.259 e. The van der Waals surface area contributed by atoms with E-state index in [9.17, 15) is 13.6 Å². The average Bonchev–Trinajstić information content (AvgIpc) is 3.46. The van der Waals surface area contributed by atoms with Crippen molar-refractivity contribution in [3.63, 3.8) is 0 Å². The highest BCUT2D eigenvalue weighted by Crippen LogP contribution is 2.26. The molecule has 8 nitrogen and oxygen atoms in total. The Morgan fingerprint density at radius 1 is 1.19 bits per heavy atom. The number of nitrogens with zero attached hydrogens (tertiary/aromatic N) is 4. The number of fused-ring (bicyclic) bond motifs is 1. The van der Waals surface area contributed by atoms with E-state index in [1.807, 2.05) is 12.1 Å².